The monoisotopic (exact) mass is 322 g/mol. The average Bonchev–Trinajstić information content (AvgIpc) is 2.98. The van der Waals surface area contributed by atoms with E-state index in [0.717, 1.165) is 27.8 Å². The number of methoxy groups -OCH3 is 1. The summed E-state index contributed by atoms with van der Waals surface area (Å²) in [7, 11) is 1.57. The number of ether oxygens (including phenoxy) is 1. The summed E-state index contributed by atoms with van der Waals surface area (Å²) in [5.74, 6) is 0.389. The van der Waals surface area contributed by atoms with Crippen LogP contribution in [0.5, 0.6) is 5.75 Å². The van der Waals surface area contributed by atoms with E-state index in [1.54, 1.807) is 26.2 Å². The zero-order valence-corrected chi connectivity index (χ0v) is 13.8. The van der Waals surface area contributed by atoms with E-state index in [2.05, 4.69) is 6.07 Å². The van der Waals surface area contributed by atoms with Crippen LogP contribution in [0, 0.1) is 6.92 Å². The van der Waals surface area contributed by atoms with E-state index >= 15 is 0 Å². The standard InChI is InChI=1S/C20H18O4/c1-12-5-4-6-15(7-12)17-11-16-9-14(8-13(2)20(21)22)10-18(23-3)19(16)24-17/h4-11H,1-3H3,(H,21,22). The Balaban J connectivity index is 2.15. The fourth-order valence-electron chi connectivity index (χ4n) is 2.63. The molecule has 0 aliphatic carbocycles. The quantitative estimate of drug-likeness (QED) is 0.694. The maximum absolute atomic E-state index is 11.0. The van der Waals surface area contributed by atoms with E-state index in [0.29, 0.717) is 11.3 Å². The van der Waals surface area contributed by atoms with Crippen LogP contribution in [0.15, 0.2) is 52.5 Å². The number of rotatable bonds is 4. The van der Waals surface area contributed by atoms with Gasteiger partial charge in [-0.1, -0.05) is 23.8 Å². The fourth-order valence-corrected chi connectivity index (χ4v) is 2.63. The molecule has 1 heterocycles. The average molecular weight is 322 g/mol. The fraction of sp³-hybridized carbons (Fsp3) is 0.150. The van der Waals surface area contributed by atoms with Gasteiger partial charge in [-0.05, 0) is 49.8 Å². The Hall–Kier alpha value is -3.01. The van der Waals surface area contributed by atoms with Crippen LogP contribution >= 0.6 is 0 Å². The molecule has 0 atom stereocenters. The van der Waals surface area contributed by atoms with Crippen molar-refractivity contribution in [3.05, 3.63) is 59.2 Å². The van der Waals surface area contributed by atoms with Crippen molar-refractivity contribution in [2.24, 2.45) is 0 Å². The summed E-state index contributed by atoms with van der Waals surface area (Å²) >= 11 is 0. The van der Waals surface area contributed by atoms with Gasteiger partial charge < -0.3 is 14.3 Å². The van der Waals surface area contributed by atoms with Crippen LogP contribution in [0.25, 0.3) is 28.4 Å². The number of carboxylic acids is 1. The predicted octanol–water partition coefficient (Wildman–Crippen LogP) is 4.90. The van der Waals surface area contributed by atoms with Crippen molar-refractivity contribution in [3.63, 3.8) is 0 Å². The molecular weight excluding hydrogens is 304 g/mol. The topological polar surface area (TPSA) is 59.7 Å². The normalized spacial score (nSPS) is 11.7. The Labute approximate surface area is 140 Å². The molecule has 0 unspecified atom stereocenters. The highest BCUT2D eigenvalue weighted by Crippen LogP contribution is 2.35. The van der Waals surface area contributed by atoms with Crippen molar-refractivity contribution >= 4 is 23.0 Å². The molecule has 4 nitrogen and oxygen atoms in total. The largest absolute Gasteiger partial charge is 0.493 e. The molecule has 0 aliphatic heterocycles. The zero-order chi connectivity index (χ0) is 17.3. The van der Waals surface area contributed by atoms with Gasteiger partial charge in [-0.15, -0.1) is 0 Å². The minimum atomic E-state index is -0.943. The third-order valence-corrected chi connectivity index (χ3v) is 3.85. The van der Waals surface area contributed by atoms with Gasteiger partial charge in [-0.3, -0.25) is 0 Å². The first-order chi connectivity index (χ1) is 11.5. The minimum Gasteiger partial charge on any atom is -0.493 e. The Morgan fingerprint density at radius 2 is 2.00 bits per heavy atom. The van der Waals surface area contributed by atoms with Gasteiger partial charge >= 0.3 is 5.97 Å². The highest BCUT2D eigenvalue weighted by Gasteiger charge is 2.12. The lowest BCUT2D eigenvalue weighted by molar-refractivity contribution is -0.132. The summed E-state index contributed by atoms with van der Waals surface area (Å²) in [6, 6.07) is 13.7. The Bertz CT molecular complexity index is 947. The first kappa shape index (κ1) is 15.9. The number of aliphatic carboxylic acids is 1. The molecule has 0 saturated heterocycles. The van der Waals surface area contributed by atoms with Crippen LogP contribution in [-0.4, -0.2) is 18.2 Å². The second-order valence-electron chi connectivity index (χ2n) is 5.75. The molecule has 0 amide bonds. The van der Waals surface area contributed by atoms with Crippen LogP contribution in [0.1, 0.15) is 18.1 Å². The van der Waals surface area contributed by atoms with Crippen molar-refractivity contribution in [2.75, 3.05) is 7.11 Å². The lowest BCUT2D eigenvalue weighted by Crippen LogP contribution is -1.95. The Morgan fingerprint density at radius 1 is 1.21 bits per heavy atom. The van der Waals surface area contributed by atoms with Crippen molar-refractivity contribution < 1.29 is 19.1 Å². The molecule has 1 N–H and O–H groups in total. The van der Waals surface area contributed by atoms with E-state index in [1.807, 2.05) is 37.3 Å². The van der Waals surface area contributed by atoms with Gasteiger partial charge in [0.2, 0.25) is 0 Å². The van der Waals surface area contributed by atoms with Gasteiger partial charge in [0, 0.05) is 16.5 Å². The van der Waals surface area contributed by atoms with Crippen LogP contribution in [0.4, 0.5) is 0 Å². The second-order valence-corrected chi connectivity index (χ2v) is 5.75. The van der Waals surface area contributed by atoms with Crippen molar-refractivity contribution in [2.45, 2.75) is 13.8 Å². The van der Waals surface area contributed by atoms with E-state index in [-0.39, 0.29) is 5.57 Å². The first-order valence-corrected chi connectivity index (χ1v) is 7.58. The van der Waals surface area contributed by atoms with Gasteiger partial charge in [0.15, 0.2) is 11.3 Å². The molecule has 0 spiro atoms. The van der Waals surface area contributed by atoms with Crippen LogP contribution in [0.2, 0.25) is 0 Å². The van der Waals surface area contributed by atoms with Crippen LogP contribution in [0.3, 0.4) is 0 Å². The van der Waals surface area contributed by atoms with Gasteiger partial charge in [0.1, 0.15) is 5.76 Å². The summed E-state index contributed by atoms with van der Waals surface area (Å²) in [5, 5.41) is 9.91. The van der Waals surface area contributed by atoms with E-state index in [4.69, 9.17) is 14.3 Å². The highest BCUT2D eigenvalue weighted by atomic mass is 16.5. The summed E-state index contributed by atoms with van der Waals surface area (Å²) in [5.41, 5.74) is 3.82. The Kier molecular flexibility index (Phi) is 4.13. The third kappa shape index (κ3) is 3.04. The summed E-state index contributed by atoms with van der Waals surface area (Å²) in [6.45, 7) is 3.59. The lowest BCUT2D eigenvalue weighted by atomic mass is 10.1. The SMILES string of the molecule is COc1cc(C=C(C)C(=O)O)cc2cc(-c3cccc(C)c3)oc12. The van der Waals surface area contributed by atoms with Crippen molar-refractivity contribution in [1.82, 2.24) is 0 Å². The second kappa shape index (κ2) is 6.24. The van der Waals surface area contributed by atoms with E-state index in [1.165, 1.54) is 0 Å². The number of hydrogen-bond donors (Lipinski definition) is 1. The number of carboxylic acid groups (broad SMARTS) is 1. The highest BCUT2D eigenvalue weighted by molar-refractivity contribution is 5.94. The molecule has 122 valence electrons. The van der Waals surface area contributed by atoms with Crippen LogP contribution < -0.4 is 4.74 Å². The molecule has 0 bridgehead atoms. The molecule has 24 heavy (non-hydrogen) atoms. The minimum absolute atomic E-state index is 0.263. The zero-order valence-electron chi connectivity index (χ0n) is 13.8. The molecule has 1 aromatic heterocycles. The van der Waals surface area contributed by atoms with Crippen molar-refractivity contribution in [1.29, 1.82) is 0 Å². The predicted molar refractivity (Wildman–Crippen MR) is 94.2 cm³/mol. The molecule has 2 aromatic carbocycles. The number of aryl methyl sites for hydroxylation is 1. The van der Waals surface area contributed by atoms with E-state index in [9.17, 15) is 4.79 Å². The summed E-state index contributed by atoms with van der Waals surface area (Å²) in [6.07, 6.45) is 1.61. The first-order valence-electron chi connectivity index (χ1n) is 7.58. The molecule has 4 heteroatoms. The maximum atomic E-state index is 11.0. The smallest absolute Gasteiger partial charge is 0.331 e. The molecule has 0 aliphatic rings. The van der Waals surface area contributed by atoms with Gasteiger partial charge in [0.25, 0.3) is 0 Å². The molecule has 0 radical (unpaired) electrons. The summed E-state index contributed by atoms with van der Waals surface area (Å²) < 4.78 is 11.4. The van der Waals surface area contributed by atoms with Gasteiger partial charge in [-0.2, -0.15) is 0 Å². The number of hydrogen-bond acceptors (Lipinski definition) is 3. The molecular formula is C20H18O4. The molecule has 3 rings (SSSR count). The number of fused-ring (bicyclic) bond motifs is 1. The number of benzene rings is 2. The van der Waals surface area contributed by atoms with Crippen molar-refractivity contribution in [3.8, 4) is 17.1 Å². The third-order valence-electron chi connectivity index (χ3n) is 3.85. The number of furan rings is 1. The van der Waals surface area contributed by atoms with Gasteiger partial charge in [0.05, 0.1) is 7.11 Å². The van der Waals surface area contributed by atoms with Gasteiger partial charge in [-0.25, -0.2) is 4.79 Å². The Morgan fingerprint density at radius 3 is 2.67 bits per heavy atom. The maximum Gasteiger partial charge on any atom is 0.331 e. The van der Waals surface area contributed by atoms with Crippen LogP contribution in [-0.2, 0) is 4.79 Å². The molecule has 0 saturated carbocycles. The lowest BCUT2D eigenvalue weighted by Gasteiger charge is -2.03. The number of carbonyl (C=O) groups is 1. The van der Waals surface area contributed by atoms with E-state index < -0.39 is 5.97 Å². The summed E-state index contributed by atoms with van der Waals surface area (Å²) in [4.78, 5) is 11.0. The molecule has 0 fully saturated rings. The molecule has 3 aromatic rings.